The highest BCUT2D eigenvalue weighted by molar-refractivity contribution is 5.69. The second-order valence-corrected chi connectivity index (χ2v) is 5.87. The van der Waals surface area contributed by atoms with Gasteiger partial charge in [0.25, 0.3) is 0 Å². The molecule has 2 rings (SSSR count). The third-order valence-corrected chi connectivity index (χ3v) is 3.11. The molecule has 0 bridgehead atoms. The van der Waals surface area contributed by atoms with E-state index in [0.29, 0.717) is 13.2 Å². The molecule has 2 aliphatic heterocycles. The Morgan fingerprint density at radius 2 is 2.06 bits per heavy atom. The largest absolute Gasteiger partial charge is 0.444 e. The molecular weight excluding hydrogens is 220 g/mol. The number of rotatable bonds is 0. The molecule has 5 nitrogen and oxygen atoms in total. The van der Waals surface area contributed by atoms with E-state index >= 15 is 0 Å². The van der Waals surface area contributed by atoms with E-state index in [9.17, 15) is 4.79 Å². The van der Waals surface area contributed by atoms with Crippen LogP contribution in [0.3, 0.4) is 0 Å². The molecule has 0 aromatic heterocycles. The number of amides is 1. The molecule has 0 radical (unpaired) electrons. The van der Waals surface area contributed by atoms with Crippen LogP contribution in [0.25, 0.3) is 0 Å². The van der Waals surface area contributed by atoms with Crippen LogP contribution in [0.15, 0.2) is 0 Å². The van der Waals surface area contributed by atoms with E-state index in [1.165, 1.54) is 0 Å². The summed E-state index contributed by atoms with van der Waals surface area (Å²) in [4.78, 5) is 16.1. The Morgan fingerprint density at radius 1 is 1.35 bits per heavy atom. The highest BCUT2D eigenvalue weighted by atomic mass is 16.6. The van der Waals surface area contributed by atoms with E-state index < -0.39 is 5.60 Å². The van der Waals surface area contributed by atoms with Crippen molar-refractivity contribution in [3.8, 4) is 0 Å². The van der Waals surface area contributed by atoms with Gasteiger partial charge in [-0.25, -0.2) is 4.79 Å². The average Bonchev–Trinajstić information content (AvgIpc) is 2.54. The highest BCUT2D eigenvalue weighted by Gasteiger charge is 2.42. The topological polar surface area (TPSA) is 42.0 Å². The van der Waals surface area contributed by atoms with E-state index in [1.54, 1.807) is 0 Å². The van der Waals surface area contributed by atoms with Crippen LogP contribution < -0.4 is 0 Å². The summed E-state index contributed by atoms with van der Waals surface area (Å²) >= 11 is 0. The van der Waals surface area contributed by atoms with Crippen molar-refractivity contribution in [2.24, 2.45) is 0 Å². The van der Waals surface area contributed by atoms with Crippen LogP contribution in [0.2, 0.25) is 0 Å². The lowest BCUT2D eigenvalue weighted by atomic mass is 10.1. The fourth-order valence-corrected chi connectivity index (χ4v) is 2.42. The number of hydrogen-bond acceptors (Lipinski definition) is 4. The maximum Gasteiger partial charge on any atom is 0.410 e. The number of fused-ring (bicyclic) bond motifs is 1. The molecule has 0 aromatic rings. The van der Waals surface area contributed by atoms with Crippen LogP contribution in [0, 0.1) is 0 Å². The number of nitrogens with zero attached hydrogens (tertiary/aromatic N) is 2. The summed E-state index contributed by atoms with van der Waals surface area (Å²) in [6.45, 7) is 8.67. The van der Waals surface area contributed by atoms with Gasteiger partial charge in [0.2, 0.25) is 0 Å². The summed E-state index contributed by atoms with van der Waals surface area (Å²) in [6.07, 6.45) is -0.0765. The monoisotopic (exact) mass is 242 g/mol. The fourth-order valence-electron chi connectivity index (χ4n) is 2.42. The van der Waals surface area contributed by atoms with Crippen LogP contribution in [0.1, 0.15) is 20.8 Å². The quantitative estimate of drug-likeness (QED) is 0.634. The van der Waals surface area contributed by atoms with Gasteiger partial charge < -0.3 is 14.4 Å². The molecule has 2 unspecified atom stereocenters. The van der Waals surface area contributed by atoms with Gasteiger partial charge in [-0.3, -0.25) is 4.90 Å². The van der Waals surface area contributed by atoms with Gasteiger partial charge in [-0.15, -0.1) is 0 Å². The second-order valence-electron chi connectivity index (χ2n) is 5.87. The summed E-state index contributed by atoms with van der Waals surface area (Å²) in [6, 6.07) is 0.142. The standard InChI is InChI=1S/C12H22N2O3/c1-12(2,3)17-11(15)14-5-6-16-10-8-13(4)7-9(10)14/h9-10H,5-8H2,1-4H3. The van der Waals surface area contributed by atoms with Crippen LogP contribution in [-0.2, 0) is 9.47 Å². The zero-order chi connectivity index (χ0) is 12.6. The Bertz CT molecular complexity index is 301. The smallest absolute Gasteiger partial charge is 0.410 e. The molecule has 0 saturated carbocycles. The zero-order valence-electron chi connectivity index (χ0n) is 11.1. The maximum atomic E-state index is 12.1. The molecular formula is C12H22N2O3. The molecule has 0 aliphatic carbocycles. The zero-order valence-corrected chi connectivity index (χ0v) is 11.1. The van der Waals surface area contributed by atoms with Gasteiger partial charge in [0.15, 0.2) is 0 Å². The molecule has 2 aliphatic rings. The first-order valence-electron chi connectivity index (χ1n) is 6.16. The molecule has 17 heavy (non-hydrogen) atoms. The molecule has 0 aromatic carbocycles. The van der Waals surface area contributed by atoms with Crippen molar-refractivity contribution >= 4 is 6.09 Å². The number of carbonyl (C=O) groups excluding carboxylic acids is 1. The summed E-state index contributed by atoms with van der Waals surface area (Å²) in [7, 11) is 2.05. The first kappa shape index (κ1) is 12.6. The predicted octanol–water partition coefficient (Wildman–Crippen LogP) is 0.936. The second kappa shape index (κ2) is 4.46. The van der Waals surface area contributed by atoms with E-state index in [1.807, 2.05) is 25.7 Å². The number of carbonyl (C=O) groups is 1. The normalized spacial score (nSPS) is 30.2. The van der Waals surface area contributed by atoms with E-state index in [0.717, 1.165) is 13.1 Å². The Labute approximate surface area is 103 Å². The molecule has 98 valence electrons. The van der Waals surface area contributed by atoms with Crippen molar-refractivity contribution in [2.75, 3.05) is 33.3 Å². The Morgan fingerprint density at radius 3 is 2.71 bits per heavy atom. The number of hydrogen-bond donors (Lipinski definition) is 0. The summed E-state index contributed by atoms with van der Waals surface area (Å²) in [5.41, 5.74) is -0.435. The van der Waals surface area contributed by atoms with Gasteiger partial charge in [0.1, 0.15) is 5.60 Å². The number of morpholine rings is 1. The minimum Gasteiger partial charge on any atom is -0.444 e. The van der Waals surface area contributed by atoms with Gasteiger partial charge in [-0.1, -0.05) is 0 Å². The maximum absolute atomic E-state index is 12.1. The number of likely N-dealkylation sites (N-methyl/N-ethyl adjacent to an activating group) is 1. The third-order valence-electron chi connectivity index (χ3n) is 3.11. The Hall–Kier alpha value is -0.810. The van der Waals surface area contributed by atoms with Crippen LogP contribution in [0.4, 0.5) is 4.79 Å². The number of likely N-dealkylation sites (tertiary alicyclic amines) is 1. The van der Waals surface area contributed by atoms with Gasteiger partial charge in [0.05, 0.1) is 18.8 Å². The van der Waals surface area contributed by atoms with E-state index in [4.69, 9.17) is 9.47 Å². The van der Waals surface area contributed by atoms with Crippen molar-refractivity contribution in [1.82, 2.24) is 9.80 Å². The summed E-state index contributed by atoms with van der Waals surface area (Å²) in [5, 5.41) is 0. The lowest BCUT2D eigenvalue weighted by Crippen LogP contribution is -2.54. The first-order chi connectivity index (χ1) is 7.87. The Kier molecular flexibility index (Phi) is 3.32. The molecule has 0 N–H and O–H groups in total. The van der Waals surface area contributed by atoms with Crippen LogP contribution >= 0.6 is 0 Å². The van der Waals surface area contributed by atoms with Gasteiger partial charge >= 0.3 is 6.09 Å². The minimum absolute atomic E-state index is 0.140. The molecule has 2 atom stereocenters. The van der Waals surface area contributed by atoms with E-state index in [-0.39, 0.29) is 18.2 Å². The van der Waals surface area contributed by atoms with Gasteiger partial charge in [-0.2, -0.15) is 0 Å². The average molecular weight is 242 g/mol. The molecule has 0 spiro atoms. The third kappa shape index (κ3) is 2.90. The van der Waals surface area contributed by atoms with E-state index in [2.05, 4.69) is 11.9 Å². The molecule has 2 saturated heterocycles. The van der Waals surface area contributed by atoms with Crippen LogP contribution in [-0.4, -0.2) is 66.9 Å². The van der Waals surface area contributed by atoms with Crippen molar-refractivity contribution in [2.45, 2.75) is 38.5 Å². The first-order valence-corrected chi connectivity index (χ1v) is 6.16. The number of ether oxygens (including phenoxy) is 2. The summed E-state index contributed by atoms with van der Waals surface area (Å²) < 4.78 is 11.1. The molecule has 2 heterocycles. The Balaban J connectivity index is 2.02. The lowest BCUT2D eigenvalue weighted by Gasteiger charge is -2.37. The van der Waals surface area contributed by atoms with Gasteiger partial charge in [0, 0.05) is 19.6 Å². The predicted molar refractivity (Wildman–Crippen MR) is 64.0 cm³/mol. The highest BCUT2D eigenvalue weighted by Crippen LogP contribution is 2.23. The van der Waals surface area contributed by atoms with Gasteiger partial charge in [-0.05, 0) is 27.8 Å². The molecule has 1 amide bonds. The molecule has 2 fully saturated rings. The van der Waals surface area contributed by atoms with Crippen LogP contribution in [0.5, 0.6) is 0 Å². The minimum atomic E-state index is -0.435. The summed E-state index contributed by atoms with van der Waals surface area (Å²) in [5.74, 6) is 0. The van der Waals surface area contributed by atoms with Crippen molar-refractivity contribution in [3.05, 3.63) is 0 Å². The van der Waals surface area contributed by atoms with Crippen molar-refractivity contribution < 1.29 is 14.3 Å². The van der Waals surface area contributed by atoms with Crippen molar-refractivity contribution in [3.63, 3.8) is 0 Å². The fraction of sp³-hybridized carbons (Fsp3) is 0.917. The van der Waals surface area contributed by atoms with Crippen molar-refractivity contribution in [1.29, 1.82) is 0 Å². The SMILES string of the molecule is CN1CC2OCCN(C(=O)OC(C)(C)C)C2C1. The molecule has 5 heteroatoms. The lowest BCUT2D eigenvalue weighted by molar-refractivity contribution is -0.0569.